The van der Waals surface area contributed by atoms with Crippen molar-refractivity contribution in [3.63, 3.8) is 0 Å². The number of nitrogens with one attached hydrogen (secondary N) is 1. The molecule has 0 saturated heterocycles. The third kappa shape index (κ3) is 2.61. The van der Waals surface area contributed by atoms with Crippen LogP contribution >= 0.6 is 11.3 Å². The zero-order valence-electron chi connectivity index (χ0n) is 9.60. The maximum absolute atomic E-state index is 4.27. The van der Waals surface area contributed by atoms with Crippen LogP contribution in [0, 0.1) is 6.92 Å². The molecule has 0 amide bonds. The van der Waals surface area contributed by atoms with E-state index in [1.807, 2.05) is 29.5 Å². The van der Waals surface area contributed by atoms with Crippen molar-refractivity contribution in [2.45, 2.75) is 33.4 Å². The van der Waals surface area contributed by atoms with Gasteiger partial charge >= 0.3 is 0 Å². The minimum Gasteiger partial charge on any atom is -0.378 e. The van der Waals surface area contributed by atoms with Crippen molar-refractivity contribution in [1.82, 2.24) is 14.8 Å². The summed E-state index contributed by atoms with van der Waals surface area (Å²) in [6.07, 6.45) is 5.01. The van der Waals surface area contributed by atoms with Gasteiger partial charge < -0.3 is 5.32 Å². The molecule has 0 aliphatic carbocycles. The lowest BCUT2D eigenvalue weighted by Crippen LogP contribution is -1.98. The van der Waals surface area contributed by atoms with Gasteiger partial charge in [-0.3, -0.25) is 4.68 Å². The highest BCUT2D eigenvalue weighted by Gasteiger charge is 2.02. The summed E-state index contributed by atoms with van der Waals surface area (Å²) in [5.41, 5.74) is 4.06. The molecule has 2 aromatic heterocycles. The molecule has 0 fully saturated rings. The molecule has 1 N–H and O–H groups in total. The predicted molar refractivity (Wildman–Crippen MR) is 66.7 cm³/mol. The van der Waals surface area contributed by atoms with Crippen LogP contribution in [-0.2, 0) is 13.1 Å². The lowest BCUT2D eigenvalue weighted by Gasteiger charge is -2.01. The van der Waals surface area contributed by atoms with Gasteiger partial charge in [-0.2, -0.15) is 5.10 Å². The van der Waals surface area contributed by atoms with Gasteiger partial charge in [0, 0.05) is 17.6 Å². The van der Waals surface area contributed by atoms with E-state index in [0.29, 0.717) is 0 Å². The summed E-state index contributed by atoms with van der Waals surface area (Å²) in [4.78, 5) is 5.50. The molecule has 0 saturated carbocycles. The van der Waals surface area contributed by atoms with Gasteiger partial charge in [0.05, 0.1) is 29.6 Å². The standard InChI is InChI=1S/C11H16N4S/c1-3-4-15-7-10(5-14-15)12-6-11-9(2)13-8-16-11/h5,7-8,12H,3-4,6H2,1-2H3. The lowest BCUT2D eigenvalue weighted by molar-refractivity contribution is 0.603. The Bertz CT molecular complexity index is 446. The van der Waals surface area contributed by atoms with Gasteiger partial charge in [-0.1, -0.05) is 6.92 Å². The summed E-state index contributed by atoms with van der Waals surface area (Å²) < 4.78 is 1.96. The maximum atomic E-state index is 4.27. The Morgan fingerprint density at radius 1 is 1.50 bits per heavy atom. The summed E-state index contributed by atoms with van der Waals surface area (Å²) in [5, 5.41) is 7.62. The quantitative estimate of drug-likeness (QED) is 0.868. The molecule has 86 valence electrons. The highest BCUT2D eigenvalue weighted by Crippen LogP contribution is 2.14. The Morgan fingerprint density at radius 3 is 3.06 bits per heavy atom. The van der Waals surface area contributed by atoms with Gasteiger partial charge in [0.15, 0.2) is 0 Å². The van der Waals surface area contributed by atoms with E-state index >= 15 is 0 Å². The van der Waals surface area contributed by atoms with E-state index in [2.05, 4.69) is 22.3 Å². The van der Waals surface area contributed by atoms with Crippen molar-refractivity contribution in [3.8, 4) is 0 Å². The van der Waals surface area contributed by atoms with Crippen LogP contribution < -0.4 is 5.32 Å². The average Bonchev–Trinajstić information content (AvgIpc) is 2.86. The molecular formula is C11H16N4S. The molecule has 0 radical (unpaired) electrons. The molecule has 2 rings (SSSR count). The van der Waals surface area contributed by atoms with Crippen molar-refractivity contribution in [2.24, 2.45) is 0 Å². The van der Waals surface area contributed by atoms with Crippen LogP contribution in [0.5, 0.6) is 0 Å². The monoisotopic (exact) mass is 236 g/mol. The minimum atomic E-state index is 0.828. The molecule has 0 bridgehead atoms. The van der Waals surface area contributed by atoms with Crippen LogP contribution in [0.15, 0.2) is 17.9 Å². The van der Waals surface area contributed by atoms with Crippen LogP contribution in [0.25, 0.3) is 0 Å². The number of aryl methyl sites for hydroxylation is 2. The molecule has 0 aliphatic rings. The second-order valence-electron chi connectivity index (χ2n) is 3.71. The topological polar surface area (TPSA) is 42.7 Å². The first-order valence-electron chi connectivity index (χ1n) is 5.45. The van der Waals surface area contributed by atoms with Crippen LogP contribution in [0.2, 0.25) is 0 Å². The molecule has 5 heteroatoms. The van der Waals surface area contributed by atoms with Gasteiger partial charge in [0.2, 0.25) is 0 Å². The smallest absolute Gasteiger partial charge is 0.0798 e. The van der Waals surface area contributed by atoms with E-state index in [1.54, 1.807) is 11.3 Å². The van der Waals surface area contributed by atoms with Gasteiger partial charge in [0.1, 0.15) is 0 Å². The Labute approximate surface area is 99.3 Å². The normalized spacial score (nSPS) is 10.6. The van der Waals surface area contributed by atoms with Gasteiger partial charge in [-0.15, -0.1) is 11.3 Å². The predicted octanol–water partition coefficient (Wildman–Crippen LogP) is 2.67. The van der Waals surface area contributed by atoms with Crippen molar-refractivity contribution in [1.29, 1.82) is 0 Å². The van der Waals surface area contributed by atoms with Crippen LogP contribution in [0.4, 0.5) is 5.69 Å². The molecule has 2 heterocycles. The fourth-order valence-corrected chi connectivity index (χ4v) is 2.20. The maximum Gasteiger partial charge on any atom is 0.0798 e. The molecule has 16 heavy (non-hydrogen) atoms. The van der Waals surface area contributed by atoms with E-state index < -0.39 is 0 Å². The number of thiazole rings is 1. The first kappa shape index (κ1) is 11.1. The van der Waals surface area contributed by atoms with Crippen LogP contribution in [0.1, 0.15) is 23.9 Å². The summed E-state index contributed by atoms with van der Waals surface area (Å²) in [5.74, 6) is 0. The molecule has 2 aromatic rings. The molecule has 0 atom stereocenters. The first-order valence-corrected chi connectivity index (χ1v) is 6.33. The number of hydrogen-bond donors (Lipinski definition) is 1. The van der Waals surface area contributed by atoms with E-state index in [0.717, 1.165) is 30.9 Å². The minimum absolute atomic E-state index is 0.828. The zero-order valence-corrected chi connectivity index (χ0v) is 10.4. The molecule has 0 aromatic carbocycles. The molecular weight excluding hydrogens is 220 g/mol. The molecule has 0 aliphatic heterocycles. The summed E-state index contributed by atoms with van der Waals surface area (Å²) >= 11 is 1.69. The molecule has 0 spiro atoms. The van der Waals surface area contributed by atoms with Gasteiger partial charge in [-0.05, 0) is 13.3 Å². The third-order valence-corrected chi connectivity index (χ3v) is 3.32. The second-order valence-corrected chi connectivity index (χ2v) is 4.65. The van der Waals surface area contributed by atoms with E-state index in [-0.39, 0.29) is 0 Å². The van der Waals surface area contributed by atoms with Crippen molar-refractivity contribution < 1.29 is 0 Å². The van der Waals surface area contributed by atoms with Crippen LogP contribution in [0.3, 0.4) is 0 Å². The summed E-state index contributed by atoms with van der Waals surface area (Å²) in [6.45, 7) is 5.99. The highest BCUT2D eigenvalue weighted by atomic mass is 32.1. The lowest BCUT2D eigenvalue weighted by atomic mass is 10.4. The zero-order chi connectivity index (χ0) is 11.4. The van der Waals surface area contributed by atoms with Gasteiger partial charge in [-0.25, -0.2) is 4.98 Å². The number of aromatic nitrogens is 3. The fraction of sp³-hybridized carbons (Fsp3) is 0.455. The Hall–Kier alpha value is -1.36. The Morgan fingerprint density at radius 2 is 2.38 bits per heavy atom. The second kappa shape index (κ2) is 5.12. The summed E-state index contributed by atoms with van der Waals surface area (Å²) in [7, 11) is 0. The third-order valence-electron chi connectivity index (χ3n) is 2.38. The summed E-state index contributed by atoms with van der Waals surface area (Å²) in [6, 6.07) is 0. The van der Waals surface area contributed by atoms with Crippen molar-refractivity contribution in [3.05, 3.63) is 28.5 Å². The molecule has 4 nitrogen and oxygen atoms in total. The van der Waals surface area contributed by atoms with E-state index in [4.69, 9.17) is 0 Å². The van der Waals surface area contributed by atoms with E-state index in [9.17, 15) is 0 Å². The van der Waals surface area contributed by atoms with E-state index in [1.165, 1.54) is 4.88 Å². The Balaban J connectivity index is 1.92. The largest absolute Gasteiger partial charge is 0.378 e. The van der Waals surface area contributed by atoms with Crippen molar-refractivity contribution in [2.75, 3.05) is 5.32 Å². The average molecular weight is 236 g/mol. The molecule has 0 unspecified atom stereocenters. The first-order chi connectivity index (χ1) is 7.79. The number of hydrogen-bond acceptors (Lipinski definition) is 4. The van der Waals surface area contributed by atoms with Crippen molar-refractivity contribution >= 4 is 17.0 Å². The fourth-order valence-electron chi connectivity index (χ4n) is 1.48. The number of anilines is 1. The van der Waals surface area contributed by atoms with Crippen LogP contribution in [-0.4, -0.2) is 14.8 Å². The Kier molecular flexibility index (Phi) is 3.56. The highest BCUT2D eigenvalue weighted by molar-refractivity contribution is 7.09. The number of nitrogens with zero attached hydrogens (tertiary/aromatic N) is 3. The SMILES string of the molecule is CCCn1cc(NCc2scnc2C)cn1. The number of rotatable bonds is 5. The van der Waals surface area contributed by atoms with Gasteiger partial charge in [0.25, 0.3) is 0 Å².